The summed E-state index contributed by atoms with van der Waals surface area (Å²) in [5.74, 6) is -0.480. The number of halogens is 1. The lowest BCUT2D eigenvalue weighted by Crippen LogP contribution is -2.27. The van der Waals surface area contributed by atoms with E-state index in [1.54, 1.807) is 6.07 Å². The van der Waals surface area contributed by atoms with E-state index in [1.807, 2.05) is 0 Å². The maximum absolute atomic E-state index is 12.3. The molecule has 0 N–H and O–H groups in total. The normalized spacial score (nSPS) is 17.9. The smallest absolute Gasteiger partial charge is 0.232 e. The number of Topliss-reactive ketones (excluding diaryl/α,β-unsaturated/α-hetero) is 1. The largest absolute Gasteiger partial charge is 0.493 e. The van der Waals surface area contributed by atoms with E-state index in [2.05, 4.69) is 0 Å². The van der Waals surface area contributed by atoms with Crippen molar-refractivity contribution in [1.29, 1.82) is 0 Å². The van der Waals surface area contributed by atoms with Crippen molar-refractivity contribution in [2.24, 2.45) is 5.92 Å². The number of methoxy groups -OCH3 is 2. The van der Waals surface area contributed by atoms with Gasteiger partial charge in [0, 0.05) is 41.2 Å². The van der Waals surface area contributed by atoms with E-state index in [1.165, 1.54) is 32.1 Å². The third-order valence-electron chi connectivity index (χ3n) is 3.81. The van der Waals surface area contributed by atoms with Crippen LogP contribution in [0.3, 0.4) is 0 Å². The molecule has 1 aliphatic rings. The van der Waals surface area contributed by atoms with Crippen LogP contribution in [0.25, 0.3) is 0 Å². The Bertz CT molecular complexity index is 776. The van der Waals surface area contributed by atoms with E-state index < -0.39 is 15.0 Å². The summed E-state index contributed by atoms with van der Waals surface area (Å²) in [5.41, 5.74) is 0.676. The Morgan fingerprint density at radius 1 is 1.29 bits per heavy atom. The lowest BCUT2D eigenvalue weighted by Gasteiger charge is -2.21. The summed E-state index contributed by atoms with van der Waals surface area (Å²) in [6, 6.07) is 3.06. The van der Waals surface area contributed by atoms with Gasteiger partial charge in [-0.3, -0.25) is 9.59 Å². The summed E-state index contributed by atoms with van der Waals surface area (Å²) in [6.45, 7) is 1.55. The summed E-state index contributed by atoms with van der Waals surface area (Å²) < 4.78 is 32.9. The van der Waals surface area contributed by atoms with E-state index in [9.17, 15) is 18.0 Å². The first-order valence-corrected chi connectivity index (χ1v) is 9.63. The molecular formula is C15H18ClNO6S. The van der Waals surface area contributed by atoms with Crippen LogP contribution < -0.4 is 14.4 Å². The van der Waals surface area contributed by atoms with E-state index >= 15 is 0 Å². The Balaban J connectivity index is 2.43. The lowest BCUT2D eigenvalue weighted by atomic mass is 10.1. The molecule has 0 aliphatic carbocycles. The zero-order valence-corrected chi connectivity index (χ0v) is 15.1. The molecule has 0 aromatic heterocycles. The average Bonchev–Trinajstić information content (AvgIpc) is 2.83. The molecule has 2 rings (SSSR count). The molecule has 1 aromatic rings. The molecule has 1 aromatic carbocycles. The van der Waals surface area contributed by atoms with Crippen molar-refractivity contribution < 1.29 is 27.5 Å². The molecule has 9 heteroatoms. The van der Waals surface area contributed by atoms with Crippen molar-refractivity contribution in [3.05, 3.63) is 17.7 Å². The number of ketones is 1. The number of benzene rings is 1. The molecule has 0 spiro atoms. The summed E-state index contributed by atoms with van der Waals surface area (Å²) >= 11 is 0. The van der Waals surface area contributed by atoms with Gasteiger partial charge >= 0.3 is 0 Å². The molecule has 0 saturated carbocycles. The zero-order chi connectivity index (χ0) is 18.1. The number of hydrogen-bond acceptors (Lipinski definition) is 6. The fraction of sp³-hybridized carbons (Fsp3) is 0.467. The first-order chi connectivity index (χ1) is 11.2. The van der Waals surface area contributed by atoms with E-state index in [-0.39, 0.29) is 30.4 Å². The summed E-state index contributed by atoms with van der Waals surface area (Å²) in [7, 11) is 4.47. The van der Waals surface area contributed by atoms with Crippen molar-refractivity contribution in [2.75, 3.05) is 31.4 Å². The fourth-order valence-electron chi connectivity index (χ4n) is 2.78. The number of amides is 1. The van der Waals surface area contributed by atoms with Crippen molar-refractivity contribution in [2.45, 2.75) is 13.3 Å². The van der Waals surface area contributed by atoms with Gasteiger partial charge in [-0.15, -0.1) is 0 Å². The number of carbonyl (C=O) groups excluding carboxylic acids is 2. The number of hydrogen-bond donors (Lipinski definition) is 0. The molecule has 1 aliphatic heterocycles. The maximum atomic E-state index is 12.3. The van der Waals surface area contributed by atoms with Gasteiger partial charge in [-0.05, 0) is 13.0 Å². The van der Waals surface area contributed by atoms with Gasteiger partial charge in [-0.2, -0.15) is 0 Å². The molecule has 132 valence electrons. The van der Waals surface area contributed by atoms with E-state index in [0.29, 0.717) is 22.7 Å². The van der Waals surface area contributed by atoms with Gasteiger partial charge in [0.15, 0.2) is 17.3 Å². The average molecular weight is 376 g/mol. The molecule has 1 atom stereocenters. The van der Waals surface area contributed by atoms with Crippen LogP contribution >= 0.6 is 10.7 Å². The maximum Gasteiger partial charge on any atom is 0.232 e. The summed E-state index contributed by atoms with van der Waals surface area (Å²) in [4.78, 5) is 25.7. The van der Waals surface area contributed by atoms with E-state index in [4.69, 9.17) is 20.2 Å². The van der Waals surface area contributed by atoms with Crippen molar-refractivity contribution >= 4 is 37.1 Å². The SMILES string of the molecule is COc1cc(C(C)=O)c(N2CC(CS(=O)(=O)Cl)CC2=O)cc1OC. The Kier molecular flexibility index (Phi) is 5.39. The Morgan fingerprint density at radius 3 is 2.38 bits per heavy atom. The predicted octanol–water partition coefficient (Wildman–Crippen LogP) is 1.83. The predicted molar refractivity (Wildman–Crippen MR) is 89.7 cm³/mol. The molecule has 1 amide bonds. The van der Waals surface area contributed by atoms with Crippen molar-refractivity contribution in [3.63, 3.8) is 0 Å². The second-order valence-electron chi connectivity index (χ2n) is 5.56. The Morgan fingerprint density at radius 2 is 1.88 bits per heavy atom. The van der Waals surface area contributed by atoms with Crippen LogP contribution in [-0.4, -0.2) is 46.6 Å². The van der Waals surface area contributed by atoms with Gasteiger partial charge in [0.05, 0.1) is 25.7 Å². The van der Waals surface area contributed by atoms with Gasteiger partial charge in [-0.25, -0.2) is 8.42 Å². The van der Waals surface area contributed by atoms with Crippen LogP contribution in [0.2, 0.25) is 0 Å². The van der Waals surface area contributed by atoms with E-state index in [0.717, 1.165) is 0 Å². The molecule has 1 fully saturated rings. The molecule has 1 unspecified atom stereocenters. The van der Waals surface area contributed by atoms with Crippen LogP contribution in [0.4, 0.5) is 5.69 Å². The summed E-state index contributed by atoms with van der Waals surface area (Å²) in [5, 5.41) is 0. The van der Waals surface area contributed by atoms with Gasteiger partial charge < -0.3 is 14.4 Å². The minimum Gasteiger partial charge on any atom is -0.493 e. The number of nitrogens with zero attached hydrogens (tertiary/aromatic N) is 1. The third kappa shape index (κ3) is 3.99. The highest BCUT2D eigenvalue weighted by molar-refractivity contribution is 8.13. The molecule has 24 heavy (non-hydrogen) atoms. The standard InChI is InChI=1S/C15H18ClNO6S/c1-9(18)11-5-13(22-2)14(23-3)6-12(11)17-7-10(4-15(17)19)8-24(16,20)21/h5-6,10H,4,7-8H2,1-3H3. The quantitative estimate of drug-likeness (QED) is 0.556. The number of rotatable bonds is 6. The third-order valence-corrected chi connectivity index (χ3v) is 5.06. The van der Waals surface area contributed by atoms with Crippen molar-refractivity contribution in [3.8, 4) is 11.5 Å². The van der Waals surface area contributed by atoms with Gasteiger partial charge in [0.2, 0.25) is 15.0 Å². The Labute approximate surface area is 144 Å². The van der Waals surface area contributed by atoms with Gasteiger partial charge in [-0.1, -0.05) is 0 Å². The molecule has 1 heterocycles. The topological polar surface area (TPSA) is 90.0 Å². The molecule has 0 radical (unpaired) electrons. The second-order valence-corrected chi connectivity index (χ2v) is 8.38. The highest BCUT2D eigenvalue weighted by atomic mass is 35.7. The monoisotopic (exact) mass is 375 g/mol. The molecule has 1 saturated heterocycles. The van der Waals surface area contributed by atoms with Gasteiger partial charge in [0.1, 0.15) is 0 Å². The number of carbonyl (C=O) groups is 2. The highest BCUT2D eigenvalue weighted by Gasteiger charge is 2.35. The molecule has 0 bridgehead atoms. The van der Waals surface area contributed by atoms with Gasteiger partial charge in [0.25, 0.3) is 0 Å². The molecule has 7 nitrogen and oxygen atoms in total. The minimum atomic E-state index is -3.70. The number of ether oxygens (including phenoxy) is 2. The van der Waals surface area contributed by atoms with Crippen LogP contribution in [0, 0.1) is 5.92 Å². The first-order valence-electron chi connectivity index (χ1n) is 7.16. The second kappa shape index (κ2) is 6.98. The minimum absolute atomic E-state index is 0.0532. The van der Waals surface area contributed by atoms with Crippen molar-refractivity contribution in [1.82, 2.24) is 0 Å². The first kappa shape index (κ1) is 18.5. The number of anilines is 1. The molecular weight excluding hydrogens is 358 g/mol. The zero-order valence-electron chi connectivity index (χ0n) is 13.5. The lowest BCUT2D eigenvalue weighted by molar-refractivity contribution is -0.117. The Hall–Kier alpha value is -1.80. The van der Waals surface area contributed by atoms with Crippen LogP contribution in [0.15, 0.2) is 12.1 Å². The highest BCUT2D eigenvalue weighted by Crippen LogP contribution is 2.38. The van der Waals surface area contributed by atoms with Crippen LogP contribution in [-0.2, 0) is 13.8 Å². The van der Waals surface area contributed by atoms with Crippen LogP contribution in [0.1, 0.15) is 23.7 Å². The summed E-state index contributed by atoms with van der Waals surface area (Å²) in [6.07, 6.45) is 0.0532. The fourth-order valence-corrected chi connectivity index (χ4v) is 4.10. The van der Waals surface area contributed by atoms with Crippen LogP contribution in [0.5, 0.6) is 11.5 Å².